The Hall–Kier alpha value is -2.74. The molecule has 0 spiro atoms. The van der Waals surface area contributed by atoms with Gasteiger partial charge in [-0.15, -0.1) is 0 Å². The zero-order valence-electron chi connectivity index (χ0n) is 29.9. The molecule has 0 saturated heterocycles. The Morgan fingerprint density at radius 1 is 0.531 bits per heavy atom. The fourth-order valence-corrected chi connectivity index (χ4v) is 4.99. The largest absolute Gasteiger partial charge is 0.481 e. The summed E-state index contributed by atoms with van der Waals surface area (Å²) in [6, 6.07) is 0. The van der Waals surface area contributed by atoms with Gasteiger partial charge >= 0.3 is 11.9 Å². The van der Waals surface area contributed by atoms with E-state index in [0.29, 0.717) is 32.5 Å². The third-order valence-corrected chi connectivity index (χ3v) is 7.82. The molecule has 1 amide bonds. The van der Waals surface area contributed by atoms with E-state index in [1.807, 2.05) is 0 Å². The zero-order valence-corrected chi connectivity index (χ0v) is 29.9. The Balaban J connectivity index is 3.44. The van der Waals surface area contributed by atoms with E-state index in [2.05, 4.69) is 5.32 Å². The van der Waals surface area contributed by atoms with Crippen molar-refractivity contribution in [2.24, 2.45) is 5.92 Å². The number of Topliss-reactive ketones (excluding diaryl/α,β-unsaturated/α-hetero) is 3. The van der Waals surface area contributed by atoms with Gasteiger partial charge in [-0.3, -0.25) is 24.0 Å². The van der Waals surface area contributed by atoms with Crippen molar-refractivity contribution in [3.05, 3.63) is 0 Å². The Labute approximate surface area is 292 Å². The number of carboxylic acid groups (broad SMARTS) is 2. The van der Waals surface area contributed by atoms with Crippen molar-refractivity contribution >= 4 is 35.2 Å². The molecule has 284 valence electrons. The maximum Gasteiger partial charge on any atom is 0.306 e. The highest BCUT2D eigenvalue weighted by Crippen LogP contribution is 2.14. The smallest absolute Gasteiger partial charge is 0.306 e. The van der Waals surface area contributed by atoms with Crippen molar-refractivity contribution in [1.29, 1.82) is 0 Å². The number of carbonyl (C=O) groups is 6. The molecule has 0 aliphatic rings. The maximum atomic E-state index is 12.1. The lowest BCUT2D eigenvalue weighted by atomic mass is 9.96. The summed E-state index contributed by atoms with van der Waals surface area (Å²) in [5.41, 5.74) is 0. The van der Waals surface area contributed by atoms with Crippen molar-refractivity contribution in [2.45, 2.75) is 129 Å². The van der Waals surface area contributed by atoms with Crippen LogP contribution in [0.1, 0.15) is 129 Å². The van der Waals surface area contributed by atoms with E-state index < -0.39 is 17.9 Å². The van der Waals surface area contributed by atoms with E-state index in [0.717, 1.165) is 32.1 Å². The maximum absolute atomic E-state index is 12.1. The molecular formula is C36H63NO12. The Morgan fingerprint density at radius 3 is 1.57 bits per heavy atom. The third kappa shape index (κ3) is 34.9. The summed E-state index contributed by atoms with van der Waals surface area (Å²) < 4.78 is 21.3. The van der Waals surface area contributed by atoms with Crippen LogP contribution in [0.15, 0.2) is 0 Å². The van der Waals surface area contributed by atoms with Gasteiger partial charge in [0.05, 0.1) is 39.0 Å². The molecule has 0 aliphatic carbocycles. The fourth-order valence-electron chi connectivity index (χ4n) is 4.99. The van der Waals surface area contributed by atoms with E-state index in [-0.39, 0.29) is 95.1 Å². The van der Waals surface area contributed by atoms with Gasteiger partial charge in [-0.25, -0.2) is 0 Å². The molecule has 0 rings (SSSR count). The molecule has 0 aromatic rings. The first kappa shape index (κ1) is 46.3. The number of ketones is 3. The minimum Gasteiger partial charge on any atom is -0.481 e. The summed E-state index contributed by atoms with van der Waals surface area (Å²) in [7, 11) is 0. The first-order chi connectivity index (χ1) is 23.6. The van der Waals surface area contributed by atoms with Crippen molar-refractivity contribution in [1.82, 2.24) is 5.32 Å². The molecule has 1 atom stereocenters. The second-order valence-electron chi connectivity index (χ2n) is 12.5. The highest BCUT2D eigenvalue weighted by atomic mass is 16.5. The average Bonchev–Trinajstić information content (AvgIpc) is 3.05. The second kappa shape index (κ2) is 33.7. The van der Waals surface area contributed by atoms with Crippen LogP contribution in [-0.2, 0) is 47.7 Å². The van der Waals surface area contributed by atoms with Crippen molar-refractivity contribution in [3.8, 4) is 0 Å². The van der Waals surface area contributed by atoms with Gasteiger partial charge < -0.3 is 39.3 Å². The Kier molecular flexibility index (Phi) is 31.9. The molecule has 0 fully saturated rings. The number of carboxylic acids is 2. The first-order valence-corrected chi connectivity index (χ1v) is 18.2. The first-order valence-electron chi connectivity index (χ1n) is 18.2. The molecule has 0 unspecified atom stereocenters. The van der Waals surface area contributed by atoms with Crippen LogP contribution in [0.25, 0.3) is 0 Å². The summed E-state index contributed by atoms with van der Waals surface area (Å²) in [5, 5.41) is 20.5. The highest BCUT2D eigenvalue weighted by molar-refractivity contribution is 5.85. The molecule has 13 nitrogen and oxygen atoms in total. The predicted octanol–water partition coefficient (Wildman–Crippen LogP) is 5.09. The van der Waals surface area contributed by atoms with Crippen LogP contribution in [0.2, 0.25) is 0 Å². The SMILES string of the molecule is CC(=O)CC[C@H](CC(=O)COCCOCCNC(=O)COCCOCCCC(=O)CCCCCCCCCCCCCCC(=O)O)C(=O)O. The summed E-state index contributed by atoms with van der Waals surface area (Å²) in [6.45, 7) is 3.02. The van der Waals surface area contributed by atoms with E-state index >= 15 is 0 Å². The quantitative estimate of drug-likeness (QED) is 0.0724. The minimum absolute atomic E-state index is 0.103. The summed E-state index contributed by atoms with van der Waals surface area (Å²) in [6.07, 6.45) is 15.7. The summed E-state index contributed by atoms with van der Waals surface area (Å²) >= 11 is 0. The number of ether oxygens (including phenoxy) is 4. The molecule has 3 N–H and O–H groups in total. The zero-order chi connectivity index (χ0) is 36.4. The van der Waals surface area contributed by atoms with Crippen LogP contribution in [0.4, 0.5) is 0 Å². The number of unbranched alkanes of at least 4 members (excludes halogenated alkanes) is 11. The summed E-state index contributed by atoms with van der Waals surface area (Å²) in [5.74, 6) is -3.19. The fraction of sp³-hybridized carbons (Fsp3) is 0.833. The number of aliphatic carboxylic acids is 2. The topological polar surface area (TPSA) is 192 Å². The highest BCUT2D eigenvalue weighted by Gasteiger charge is 2.21. The predicted molar refractivity (Wildman–Crippen MR) is 183 cm³/mol. The Bertz CT molecular complexity index is 910. The van der Waals surface area contributed by atoms with Gasteiger partial charge in [0.1, 0.15) is 24.8 Å². The van der Waals surface area contributed by atoms with Crippen LogP contribution in [0.5, 0.6) is 0 Å². The normalized spacial score (nSPS) is 11.7. The lowest BCUT2D eigenvalue weighted by molar-refractivity contribution is -0.144. The van der Waals surface area contributed by atoms with Gasteiger partial charge in [-0.05, 0) is 32.6 Å². The van der Waals surface area contributed by atoms with Gasteiger partial charge in [0, 0.05) is 45.3 Å². The van der Waals surface area contributed by atoms with E-state index in [4.69, 9.17) is 24.1 Å². The van der Waals surface area contributed by atoms with Gasteiger partial charge in [0.2, 0.25) is 5.91 Å². The molecular weight excluding hydrogens is 638 g/mol. The number of nitrogens with one attached hydrogen (secondary N) is 1. The van der Waals surface area contributed by atoms with Gasteiger partial charge in [-0.1, -0.05) is 64.2 Å². The molecule has 0 bridgehead atoms. The van der Waals surface area contributed by atoms with Crippen LogP contribution in [0, 0.1) is 5.92 Å². The monoisotopic (exact) mass is 701 g/mol. The number of carbonyl (C=O) groups excluding carboxylic acids is 4. The van der Waals surface area contributed by atoms with Gasteiger partial charge in [-0.2, -0.15) is 0 Å². The molecule has 0 radical (unpaired) electrons. The molecule has 49 heavy (non-hydrogen) atoms. The molecule has 0 aromatic carbocycles. The van der Waals surface area contributed by atoms with Crippen LogP contribution in [0.3, 0.4) is 0 Å². The molecule has 0 aliphatic heterocycles. The second-order valence-corrected chi connectivity index (χ2v) is 12.5. The average molecular weight is 702 g/mol. The van der Waals surface area contributed by atoms with E-state index in [9.17, 15) is 33.9 Å². The molecule has 13 heteroatoms. The number of amides is 1. The standard InChI is InChI=1S/C36H63NO12/c1-30(38)18-19-31(36(44)45)27-33(40)28-48-25-24-47-22-20-37-34(41)29-49-26-23-46-21-14-16-32(39)15-12-10-8-6-4-2-3-5-7-9-11-13-17-35(42)43/h31H,2-29H2,1H3,(H,37,41)(H,42,43)(H,44,45)/t31-/m1/s1. The lowest BCUT2D eigenvalue weighted by Gasteiger charge is -2.11. The summed E-state index contributed by atoms with van der Waals surface area (Å²) in [4.78, 5) is 68.5. The van der Waals surface area contributed by atoms with Gasteiger partial charge in [0.25, 0.3) is 0 Å². The van der Waals surface area contributed by atoms with Gasteiger partial charge in [0.15, 0.2) is 5.78 Å². The Morgan fingerprint density at radius 2 is 1.02 bits per heavy atom. The number of rotatable bonds is 38. The number of hydrogen-bond donors (Lipinski definition) is 3. The van der Waals surface area contributed by atoms with E-state index in [1.54, 1.807) is 0 Å². The third-order valence-electron chi connectivity index (χ3n) is 7.82. The minimum atomic E-state index is -1.11. The van der Waals surface area contributed by atoms with Crippen LogP contribution < -0.4 is 5.32 Å². The molecule has 0 aromatic heterocycles. The van der Waals surface area contributed by atoms with Crippen LogP contribution in [-0.4, -0.2) is 105 Å². The van der Waals surface area contributed by atoms with Crippen molar-refractivity contribution in [3.63, 3.8) is 0 Å². The number of hydrogen-bond acceptors (Lipinski definition) is 10. The van der Waals surface area contributed by atoms with Crippen molar-refractivity contribution in [2.75, 3.05) is 59.4 Å². The molecule has 0 heterocycles. The lowest BCUT2D eigenvalue weighted by Crippen LogP contribution is -2.31. The molecule has 0 saturated carbocycles. The van der Waals surface area contributed by atoms with Crippen LogP contribution >= 0.6 is 0 Å². The van der Waals surface area contributed by atoms with E-state index in [1.165, 1.54) is 51.9 Å². The van der Waals surface area contributed by atoms with Crippen molar-refractivity contribution < 1.29 is 57.9 Å².